The van der Waals surface area contributed by atoms with Gasteiger partial charge in [-0.3, -0.25) is 0 Å². The van der Waals surface area contributed by atoms with Gasteiger partial charge in [0.2, 0.25) is 0 Å². The van der Waals surface area contributed by atoms with Crippen LogP contribution in [0.3, 0.4) is 0 Å². The molecule has 1 heterocycles. The molecule has 0 unspecified atom stereocenters. The highest BCUT2D eigenvalue weighted by molar-refractivity contribution is 5.78. The quantitative estimate of drug-likeness (QED) is 0.751. The molecular formula is C14H18FN5O. The Morgan fingerprint density at radius 2 is 2.10 bits per heavy atom. The molecule has 112 valence electrons. The van der Waals surface area contributed by atoms with Gasteiger partial charge in [0.05, 0.1) is 12.3 Å². The van der Waals surface area contributed by atoms with Crippen LogP contribution in [0.1, 0.15) is 6.92 Å². The van der Waals surface area contributed by atoms with Gasteiger partial charge in [0.25, 0.3) is 0 Å². The first-order valence-corrected chi connectivity index (χ1v) is 6.65. The molecule has 21 heavy (non-hydrogen) atoms. The number of nitrogen functional groups attached to an aromatic ring is 1. The minimum Gasteiger partial charge on any atom is -0.395 e. The highest BCUT2D eigenvalue weighted by Gasteiger charge is 2.14. The molecule has 0 aliphatic heterocycles. The predicted octanol–water partition coefficient (Wildman–Crippen LogP) is 1.76. The summed E-state index contributed by atoms with van der Waals surface area (Å²) in [5.74, 6) is 0.460. The Kier molecular flexibility index (Phi) is 4.89. The molecule has 0 aliphatic carbocycles. The third kappa shape index (κ3) is 3.38. The molecule has 0 atom stereocenters. The van der Waals surface area contributed by atoms with Crippen LogP contribution in [0, 0.1) is 5.82 Å². The molecule has 0 fully saturated rings. The second-order valence-electron chi connectivity index (χ2n) is 4.37. The Bertz CT molecular complexity index is 608. The Hall–Kier alpha value is -2.41. The maximum absolute atomic E-state index is 13.7. The van der Waals surface area contributed by atoms with Crippen LogP contribution in [0.15, 0.2) is 30.6 Å². The molecule has 2 aromatic rings. The van der Waals surface area contributed by atoms with Gasteiger partial charge in [-0.1, -0.05) is 12.1 Å². The van der Waals surface area contributed by atoms with Gasteiger partial charge in [-0.15, -0.1) is 0 Å². The minimum absolute atomic E-state index is 0.00659. The minimum atomic E-state index is -0.389. The number of anilines is 4. The number of benzene rings is 1. The van der Waals surface area contributed by atoms with Crippen molar-refractivity contribution in [2.75, 3.05) is 35.6 Å². The van der Waals surface area contributed by atoms with Crippen molar-refractivity contribution in [1.29, 1.82) is 0 Å². The molecule has 0 saturated carbocycles. The van der Waals surface area contributed by atoms with Crippen LogP contribution >= 0.6 is 0 Å². The van der Waals surface area contributed by atoms with E-state index in [0.29, 0.717) is 36.1 Å². The number of likely N-dealkylation sites (N-methyl/N-ethyl adjacent to an activating group) is 1. The summed E-state index contributed by atoms with van der Waals surface area (Å²) in [6.07, 6.45) is 1.36. The van der Waals surface area contributed by atoms with Crippen LogP contribution < -0.4 is 16.0 Å². The number of nitrogens with two attached hydrogens (primary N) is 1. The fourth-order valence-corrected chi connectivity index (χ4v) is 1.96. The number of rotatable bonds is 6. The van der Waals surface area contributed by atoms with Crippen molar-refractivity contribution in [3.8, 4) is 0 Å². The molecule has 1 aromatic heterocycles. The third-order valence-corrected chi connectivity index (χ3v) is 3.04. The van der Waals surface area contributed by atoms with Crippen LogP contribution in [-0.2, 0) is 0 Å². The topological polar surface area (TPSA) is 87.3 Å². The Morgan fingerprint density at radius 1 is 1.33 bits per heavy atom. The van der Waals surface area contributed by atoms with E-state index in [1.54, 1.807) is 18.2 Å². The number of aromatic nitrogens is 2. The lowest BCUT2D eigenvalue weighted by atomic mass is 10.3. The zero-order chi connectivity index (χ0) is 15.2. The van der Waals surface area contributed by atoms with Crippen LogP contribution in [0.5, 0.6) is 0 Å². The van der Waals surface area contributed by atoms with E-state index < -0.39 is 0 Å². The second-order valence-corrected chi connectivity index (χ2v) is 4.37. The number of aliphatic hydroxyl groups is 1. The second kappa shape index (κ2) is 6.85. The van der Waals surface area contributed by atoms with Gasteiger partial charge in [0.1, 0.15) is 17.8 Å². The van der Waals surface area contributed by atoms with E-state index in [0.717, 1.165) is 0 Å². The van der Waals surface area contributed by atoms with Gasteiger partial charge in [-0.2, -0.15) is 0 Å². The fourth-order valence-electron chi connectivity index (χ4n) is 1.96. The molecule has 0 aliphatic rings. The summed E-state index contributed by atoms with van der Waals surface area (Å²) in [5.41, 5.74) is 6.66. The van der Waals surface area contributed by atoms with Gasteiger partial charge in [-0.25, -0.2) is 14.4 Å². The zero-order valence-electron chi connectivity index (χ0n) is 11.8. The lowest BCUT2D eigenvalue weighted by molar-refractivity contribution is 0.302. The standard InChI is InChI=1S/C14H18FN5O/c1-2-20(7-8-21)14-12(16)13(17-9-18-14)19-11-6-4-3-5-10(11)15/h3-6,9,21H,2,7-8,16H2,1H3,(H,17,18,19). The average molecular weight is 291 g/mol. The van der Waals surface area contributed by atoms with Gasteiger partial charge in [0, 0.05) is 13.1 Å². The summed E-state index contributed by atoms with van der Waals surface area (Å²) < 4.78 is 13.7. The molecule has 1 aromatic carbocycles. The van der Waals surface area contributed by atoms with Crippen LogP contribution in [0.2, 0.25) is 0 Å². The summed E-state index contributed by atoms with van der Waals surface area (Å²) in [7, 11) is 0. The summed E-state index contributed by atoms with van der Waals surface area (Å²) in [5, 5.41) is 11.9. The van der Waals surface area contributed by atoms with Gasteiger partial charge >= 0.3 is 0 Å². The van der Waals surface area contributed by atoms with Crippen molar-refractivity contribution in [3.05, 3.63) is 36.4 Å². The molecule has 0 bridgehead atoms. The third-order valence-electron chi connectivity index (χ3n) is 3.04. The van der Waals surface area contributed by atoms with E-state index in [-0.39, 0.29) is 12.4 Å². The molecule has 0 amide bonds. The van der Waals surface area contributed by atoms with Crippen molar-refractivity contribution in [2.45, 2.75) is 6.92 Å². The van der Waals surface area contributed by atoms with E-state index in [1.165, 1.54) is 12.4 Å². The van der Waals surface area contributed by atoms with Crippen molar-refractivity contribution >= 4 is 23.0 Å². The lowest BCUT2D eigenvalue weighted by Gasteiger charge is -2.23. The first-order chi connectivity index (χ1) is 10.2. The maximum Gasteiger partial charge on any atom is 0.159 e. The van der Waals surface area contributed by atoms with E-state index in [2.05, 4.69) is 15.3 Å². The Balaban J connectivity index is 2.31. The van der Waals surface area contributed by atoms with E-state index in [9.17, 15) is 4.39 Å². The molecule has 6 nitrogen and oxygen atoms in total. The number of hydrogen-bond acceptors (Lipinski definition) is 6. The average Bonchev–Trinajstić information content (AvgIpc) is 2.49. The first-order valence-electron chi connectivity index (χ1n) is 6.65. The molecule has 2 rings (SSSR count). The number of nitrogens with one attached hydrogen (secondary N) is 1. The van der Waals surface area contributed by atoms with Gasteiger partial charge in [-0.05, 0) is 19.1 Å². The number of halogens is 1. The molecular weight excluding hydrogens is 273 g/mol. The van der Waals surface area contributed by atoms with E-state index in [1.807, 2.05) is 11.8 Å². The number of para-hydroxylation sites is 1. The zero-order valence-corrected chi connectivity index (χ0v) is 11.8. The molecule has 4 N–H and O–H groups in total. The van der Waals surface area contributed by atoms with Crippen LogP contribution in [0.25, 0.3) is 0 Å². The number of nitrogens with zero attached hydrogens (tertiary/aromatic N) is 3. The van der Waals surface area contributed by atoms with E-state index in [4.69, 9.17) is 10.8 Å². The Morgan fingerprint density at radius 3 is 2.76 bits per heavy atom. The molecule has 0 spiro atoms. The number of aliphatic hydroxyl groups excluding tert-OH is 1. The monoisotopic (exact) mass is 291 g/mol. The maximum atomic E-state index is 13.7. The predicted molar refractivity (Wildman–Crippen MR) is 81.1 cm³/mol. The highest BCUT2D eigenvalue weighted by atomic mass is 19.1. The summed E-state index contributed by atoms with van der Waals surface area (Å²) in [4.78, 5) is 10.0. The van der Waals surface area contributed by atoms with Crippen LogP contribution in [-0.4, -0.2) is 34.8 Å². The van der Waals surface area contributed by atoms with E-state index >= 15 is 0 Å². The highest BCUT2D eigenvalue weighted by Crippen LogP contribution is 2.28. The summed E-state index contributed by atoms with van der Waals surface area (Å²) >= 11 is 0. The first kappa shape index (κ1) is 15.0. The molecule has 0 radical (unpaired) electrons. The van der Waals surface area contributed by atoms with Gasteiger partial charge in [0.15, 0.2) is 11.6 Å². The smallest absolute Gasteiger partial charge is 0.159 e. The summed E-state index contributed by atoms with van der Waals surface area (Å²) in [6.45, 7) is 2.98. The molecule has 7 heteroatoms. The largest absolute Gasteiger partial charge is 0.395 e. The van der Waals surface area contributed by atoms with Crippen molar-refractivity contribution < 1.29 is 9.50 Å². The normalized spacial score (nSPS) is 10.4. The van der Waals surface area contributed by atoms with Crippen LogP contribution in [0.4, 0.5) is 27.4 Å². The Labute approximate surface area is 122 Å². The van der Waals surface area contributed by atoms with Gasteiger partial charge < -0.3 is 21.1 Å². The SMILES string of the molecule is CCN(CCO)c1ncnc(Nc2ccccc2F)c1N. The lowest BCUT2D eigenvalue weighted by Crippen LogP contribution is -2.28. The van der Waals surface area contributed by atoms with Crippen molar-refractivity contribution in [2.24, 2.45) is 0 Å². The molecule has 0 saturated heterocycles. The van der Waals surface area contributed by atoms with Crippen molar-refractivity contribution in [3.63, 3.8) is 0 Å². The summed E-state index contributed by atoms with van der Waals surface area (Å²) in [6, 6.07) is 6.27. The fraction of sp³-hybridized carbons (Fsp3) is 0.286. The van der Waals surface area contributed by atoms with Crippen molar-refractivity contribution in [1.82, 2.24) is 9.97 Å². The number of hydrogen-bond donors (Lipinski definition) is 3.